The number of anilines is 1. The van der Waals surface area contributed by atoms with Gasteiger partial charge in [0.1, 0.15) is 5.75 Å². The van der Waals surface area contributed by atoms with Crippen LogP contribution in [0.15, 0.2) is 17.3 Å². The highest BCUT2D eigenvalue weighted by molar-refractivity contribution is 7.92. The van der Waals surface area contributed by atoms with E-state index in [1.165, 1.54) is 7.11 Å². The average molecular weight is 270 g/mol. The summed E-state index contributed by atoms with van der Waals surface area (Å²) in [6.07, 6.45) is 2.44. The first-order valence-electron chi connectivity index (χ1n) is 5.34. The Morgan fingerprint density at radius 1 is 1.39 bits per heavy atom. The first-order chi connectivity index (χ1) is 8.44. The number of oxime groups is 1. The number of methoxy groups -OCH3 is 1. The maximum Gasteiger partial charge on any atom is 0.229 e. The Morgan fingerprint density at radius 3 is 2.67 bits per heavy atom. The zero-order valence-corrected chi connectivity index (χ0v) is 10.9. The molecular weight excluding hydrogens is 256 g/mol. The number of aryl methyl sites for hydroxylation is 1. The summed E-state index contributed by atoms with van der Waals surface area (Å²) in [7, 11) is -1.90. The van der Waals surface area contributed by atoms with E-state index in [1.54, 1.807) is 12.1 Å². The lowest BCUT2D eigenvalue weighted by molar-refractivity contribution is 0.318. The maximum atomic E-state index is 11.3. The highest BCUT2D eigenvalue weighted by Crippen LogP contribution is 2.33. The van der Waals surface area contributed by atoms with Crippen LogP contribution in [0.5, 0.6) is 5.75 Å². The molecule has 1 aromatic rings. The van der Waals surface area contributed by atoms with Crippen LogP contribution in [-0.2, 0) is 16.4 Å². The van der Waals surface area contributed by atoms with Crippen molar-refractivity contribution in [2.24, 2.45) is 5.16 Å². The molecule has 0 heterocycles. The number of rotatable bonds is 3. The van der Waals surface area contributed by atoms with Gasteiger partial charge < -0.3 is 9.94 Å². The molecule has 0 amide bonds. The van der Waals surface area contributed by atoms with Crippen molar-refractivity contribution < 1.29 is 18.4 Å². The number of hydrogen-bond acceptors (Lipinski definition) is 5. The summed E-state index contributed by atoms with van der Waals surface area (Å²) in [5, 5.41) is 12.1. The highest BCUT2D eigenvalue weighted by Gasteiger charge is 2.22. The Balaban J connectivity index is 2.51. The van der Waals surface area contributed by atoms with E-state index in [0.29, 0.717) is 23.6 Å². The average Bonchev–Trinajstić information content (AvgIpc) is 2.67. The molecule has 18 heavy (non-hydrogen) atoms. The van der Waals surface area contributed by atoms with Gasteiger partial charge in [0.2, 0.25) is 10.0 Å². The molecule has 1 aromatic carbocycles. The molecule has 0 fully saturated rings. The Morgan fingerprint density at radius 2 is 2.11 bits per heavy atom. The van der Waals surface area contributed by atoms with E-state index >= 15 is 0 Å². The van der Waals surface area contributed by atoms with Crippen molar-refractivity contribution in [2.45, 2.75) is 12.8 Å². The summed E-state index contributed by atoms with van der Waals surface area (Å²) in [5.74, 6) is 0.405. The van der Waals surface area contributed by atoms with Crippen LogP contribution >= 0.6 is 0 Å². The molecule has 0 aromatic heterocycles. The molecule has 98 valence electrons. The molecule has 0 unspecified atom stereocenters. The van der Waals surface area contributed by atoms with E-state index < -0.39 is 10.0 Å². The molecule has 6 nitrogen and oxygen atoms in total. The van der Waals surface area contributed by atoms with Crippen LogP contribution in [0, 0.1) is 0 Å². The van der Waals surface area contributed by atoms with Gasteiger partial charge >= 0.3 is 0 Å². The van der Waals surface area contributed by atoms with Crippen LogP contribution in [0.4, 0.5) is 5.69 Å². The molecular formula is C11H14N2O4S. The first-order valence-corrected chi connectivity index (χ1v) is 7.23. The molecule has 0 spiro atoms. The van der Waals surface area contributed by atoms with Crippen LogP contribution in [0.3, 0.4) is 0 Å². The fraction of sp³-hybridized carbons (Fsp3) is 0.364. The standard InChI is InChI=1S/C11H14N2O4S/c1-17-11-6-8-7(3-4-9(8)12-14)5-10(11)13-18(2,15)16/h5-6,13-14H,3-4H2,1-2H3. The topological polar surface area (TPSA) is 88.0 Å². The van der Waals surface area contributed by atoms with E-state index in [1.807, 2.05) is 0 Å². The largest absolute Gasteiger partial charge is 0.495 e. The molecule has 0 radical (unpaired) electrons. The van der Waals surface area contributed by atoms with Gasteiger partial charge in [-0.05, 0) is 30.5 Å². The maximum absolute atomic E-state index is 11.3. The van der Waals surface area contributed by atoms with Gasteiger partial charge in [0.15, 0.2) is 0 Å². The number of benzene rings is 1. The molecule has 0 saturated carbocycles. The molecule has 0 atom stereocenters. The van der Waals surface area contributed by atoms with Gasteiger partial charge in [0.05, 0.1) is 24.8 Å². The van der Waals surface area contributed by atoms with Crippen LogP contribution in [0.2, 0.25) is 0 Å². The van der Waals surface area contributed by atoms with E-state index in [9.17, 15) is 8.42 Å². The molecule has 1 aliphatic rings. The van der Waals surface area contributed by atoms with Gasteiger partial charge in [-0.3, -0.25) is 4.72 Å². The van der Waals surface area contributed by atoms with Crippen molar-refractivity contribution in [2.75, 3.05) is 18.1 Å². The molecule has 0 aliphatic heterocycles. The lowest BCUT2D eigenvalue weighted by atomic mass is 10.1. The first kappa shape index (κ1) is 12.7. The summed E-state index contributed by atoms with van der Waals surface area (Å²) >= 11 is 0. The predicted molar refractivity (Wildman–Crippen MR) is 68.1 cm³/mol. The van der Waals surface area contributed by atoms with Crippen molar-refractivity contribution in [3.63, 3.8) is 0 Å². The van der Waals surface area contributed by atoms with Crippen LogP contribution in [-0.4, -0.2) is 32.7 Å². The number of ether oxygens (including phenoxy) is 1. The van der Waals surface area contributed by atoms with E-state index in [-0.39, 0.29) is 0 Å². The highest BCUT2D eigenvalue weighted by atomic mass is 32.2. The van der Waals surface area contributed by atoms with E-state index in [0.717, 1.165) is 23.8 Å². The van der Waals surface area contributed by atoms with Crippen LogP contribution < -0.4 is 9.46 Å². The second kappa shape index (κ2) is 4.49. The van der Waals surface area contributed by atoms with Gasteiger partial charge in [0.25, 0.3) is 0 Å². The molecule has 1 aliphatic carbocycles. The fourth-order valence-electron chi connectivity index (χ4n) is 2.04. The molecule has 2 N–H and O–H groups in total. The van der Waals surface area contributed by atoms with Crippen LogP contribution in [0.25, 0.3) is 0 Å². The number of fused-ring (bicyclic) bond motifs is 1. The summed E-state index contributed by atoms with van der Waals surface area (Å²) in [5.41, 5.74) is 2.73. The molecule has 7 heteroatoms. The molecule has 2 rings (SSSR count). The minimum Gasteiger partial charge on any atom is -0.495 e. The Bertz CT molecular complexity index is 608. The lowest BCUT2D eigenvalue weighted by Gasteiger charge is -2.12. The number of nitrogens with zero attached hydrogens (tertiary/aromatic N) is 1. The Labute approximate surface area is 105 Å². The second-order valence-corrected chi connectivity index (χ2v) is 5.88. The normalized spacial score (nSPS) is 16.7. The lowest BCUT2D eigenvalue weighted by Crippen LogP contribution is -2.11. The van der Waals surface area contributed by atoms with Crippen molar-refractivity contribution in [1.29, 1.82) is 0 Å². The fourth-order valence-corrected chi connectivity index (χ4v) is 2.60. The predicted octanol–water partition coefficient (Wildman–Crippen LogP) is 1.19. The van der Waals surface area contributed by atoms with Gasteiger partial charge in [-0.2, -0.15) is 0 Å². The number of sulfonamides is 1. The number of nitrogens with one attached hydrogen (secondary N) is 1. The van der Waals surface area contributed by atoms with E-state index in [2.05, 4.69) is 9.88 Å². The monoisotopic (exact) mass is 270 g/mol. The smallest absolute Gasteiger partial charge is 0.229 e. The Kier molecular flexibility index (Phi) is 3.16. The third-order valence-electron chi connectivity index (χ3n) is 2.78. The summed E-state index contributed by atoms with van der Waals surface area (Å²) in [6, 6.07) is 3.40. The minimum atomic E-state index is -3.36. The quantitative estimate of drug-likeness (QED) is 0.638. The van der Waals surface area contributed by atoms with Crippen molar-refractivity contribution in [3.05, 3.63) is 23.3 Å². The molecule has 0 saturated heterocycles. The summed E-state index contributed by atoms with van der Waals surface area (Å²) in [6.45, 7) is 0. The van der Waals surface area contributed by atoms with Gasteiger partial charge in [-0.25, -0.2) is 8.42 Å². The summed E-state index contributed by atoms with van der Waals surface area (Å²) < 4.78 is 30.1. The van der Waals surface area contributed by atoms with Gasteiger partial charge in [0, 0.05) is 5.56 Å². The number of hydrogen-bond donors (Lipinski definition) is 2. The summed E-state index contributed by atoms with van der Waals surface area (Å²) in [4.78, 5) is 0. The zero-order chi connectivity index (χ0) is 13.3. The van der Waals surface area contributed by atoms with E-state index in [4.69, 9.17) is 9.94 Å². The van der Waals surface area contributed by atoms with Gasteiger partial charge in [-0.1, -0.05) is 5.16 Å². The SMILES string of the molecule is COc1cc2c(cc1NS(C)(=O)=O)CCC2=NO. The van der Waals surface area contributed by atoms with Crippen molar-refractivity contribution >= 4 is 21.4 Å². The third kappa shape index (κ3) is 2.40. The Hall–Kier alpha value is -1.76. The zero-order valence-electron chi connectivity index (χ0n) is 10.1. The van der Waals surface area contributed by atoms with Crippen molar-refractivity contribution in [3.8, 4) is 5.75 Å². The van der Waals surface area contributed by atoms with Gasteiger partial charge in [-0.15, -0.1) is 0 Å². The second-order valence-electron chi connectivity index (χ2n) is 4.13. The molecule has 0 bridgehead atoms. The van der Waals surface area contributed by atoms with Crippen LogP contribution in [0.1, 0.15) is 17.5 Å². The third-order valence-corrected chi connectivity index (χ3v) is 3.37. The minimum absolute atomic E-state index is 0.401. The van der Waals surface area contributed by atoms with Crippen molar-refractivity contribution in [1.82, 2.24) is 0 Å².